The minimum atomic E-state index is -0.442. The van der Waals surface area contributed by atoms with Crippen LogP contribution in [0.5, 0.6) is 0 Å². The lowest BCUT2D eigenvalue weighted by molar-refractivity contribution is -0.149. The topological polar surface area (TPSA) is 52.6 Å². The van der Waals surface area contributed by atoms with E-state index in [1.807, 2.05) is 0 Å². The van der Waals surface area contributed by atoms with Crippen molar-refractivity contribution >= 4 is 37.2 Å². The smallest absolute Gasteiger partial charge is 0.318 e. The molecule has 3 atom stereocenters. The van der Waals surface area contributed by atoms with Crippen molar-refractivity contribution in [1.82, 2.24) is 0 Å². The second kappa shape index (κ2) is 7.84. The minimum absolute atomic E-state index is 0.221. The van der Waals surface area contributed by atoms with Gasteiger partial charge < -0.3 is 9.47 Å². The number of hydrogen-bond donors (Lipinski definition) is 2. The highest BCUT2D eigenvalue weighted by atomic mass is 32.1. The van der Waals surface area contributed by atoms with Crippen LogP contribution in [0.15, 0.2) is 0 Å². The van der Waals surface area contributed by atoms with Crippen molar-refractivity contribution in [3.63, 3.8) is 0 Å². The molecule has 0 saturated carbocycles. The summed E-state index contributed by atoms with van der Waals surface area (Å²) in [7, 11) is 0. The molecule has 94 valence electrons. The van der Waals surface area contributed by atoms with E-state index in [1.54, 1.807) is 20.8 Å². The normalized spacial score (nSPS) is 16.1. The van der Waals surface area contributed by atoms with Gasteiger partial charge in [0.1, 0.15) is 6.10 Å². The van der Waals surface area contributed by atoms with Gasteiger partial charge in [0, 0.05) is 6.42 Å². The molecule has 4 nitrogen and oxygen atoms in total. The van der Waals surface area contributed by atoms with Crippen LogP contribution in [-0.4, -0.2) is 35.1 Å². The molecule has 0 aliphatic rings. The average molecular weight is 266 g/mol. The molecular formula is C10H18O4S2. The fraction of sp³-hybridized carbons (Fsp3) is 0.800. The van der Waals surface area contributed by atoms with Crippen molar-refractivity contribution in [2.75, 3.05) is 6.61 Å². The summed E-state index contributed by atoms with van der Waals surface area (Å²) >= 11 is 7.88. The van der Waals surface area contributed by atoms with E-state index in [1.165, 1.54) is 0 Å². The summed E-state index contributed by atoms with van der Waals surface area (Å²) < 4.78 is 9.92. The summed E-state index contributed by atoms with van der Waals surface area (Å²) in [6.07, 6.45) is 0.184. The minimum Gasteiger partial charge on any atom is -0.465 e. The van der Waals surface area contributed by atoms with Crippen molar-refractivity contribution in [2.24, 2.45) is 0 Å². The average Bonchev–Trinajstić information content (AvgIpc) is 2.16. The van der Waals surface area contributed by atoms with Crippen molar-refractivity contribution < 1.29 is 19.1 Å². The number of esters is 2. The molecule has 0 spiro atoms. The molecule has 0 aliphatic heterocycles. The fourth-order valence-corrected chi connectivity index (χ4v) is 0.937. The van der Waals surface area contributed by atoms with Gasteiger partial charge in [-0.25, -0.2) is 0 Å². The molecule has 0 aliphatic carbocycles. The number of thiol groups is 2. The van der Waals surface area contributed by atoms with Gasteiger partial charge in [-0.05, 0) is 20.8 Å². The zero-order valence-corrected chi connectivity index (χ0v) is 11.5. The predicted molar refractivity (Wildman–Crippen MR) is 68.0 cm³/mol. The summed E-state index contributed by atoms with van der Waals surface area (Å²) in [5.41, 5.74) is 0. The molecule has 16 heavy (non-hydrogen) atoms. The fourth-order valence-electron chi connectivity index (χ4n) is 0.802. The largest absolute Gasteiger partial charge is 0.465 e. The van der Waals surface area contributed by atoms with Gasteiger partial charge in [0.15, 0.2) is 0 Å². The molecule has 0 saturated heterocycles. The highest BCUT2D eigenvalue weighted by molar-refractivity contribution is 7.81. The number of carbonyl (C=O) groups excluding carboxylic acids is 2. The first-order valence-corrected chi connectivity index (χ1v) is 6.11. The van der Waals surface area contributed by atoms with Gasteiger partial charge in [-0.3, -0.25) is 9.59 Å². The molecular weight excluding hydrogens is 248 g/mol. The molecule has 0 fully saturated rings. The van der Waals surface area contributed by atoms with Crippen LogP contribution in [0.25, 0.3) is 0 Å². The van der Waals surface area contributed by atoms with E-state index in [2.05, 4.69) is 25.3 Å². The van der Waals surface area contributed by atoms with Crippen LogP contribution in [0, 0.1) is 0 Å². The first kappa shape index (κ1) is 15.6. The maximum atomic E-state index is 11.1. The van der Waals surface area contributed by atoms with E-state index in [-0.39, 0.29) is 24.6 Å². The first-order valence-electron chi connectivity index (χ1n) is 5.07. The van der Waals surface area contributed by atoms with Gasteiger partial charge in [0.05, 0.1) is 17.1 Å². The zero-order chi connectivity index (χ0) is 12.7. The highest BCUT2D eigenvalue weighted by Crippen LogP contribution is 2.04. The lowest BCUT2D eigenvalue weighted by Crippen LogP contribution is -2.23. The molecule has 3 unspecified atom stereocenters. The van der Waals surface area contributed by atoms with E-state index >= 15 is 0 Å². The number of rotatable bonds is 6. The van der Waals surface area contributed by atoms with Crippen LogP contribution in [0.2, 0.25) is 0 Å². The molecule has 0 aromatic rings. The summed E-state index contributed by atoms with van der Waals surface area (Å²) in [4.78, 5) is 22.2. The maximum Gasteiger partial charge on any atom is 0.318 e. The van der Waals surface area contributed by atoms with Crippen molar-refractivity contribution in [1.29, 1.82) is 0 Å². The molecule has 0 heterocycles. The Kier molecular flexibility index (Phi) is 7.66. The molecule has 0 radical (unpaired) electrons. The second-order valence-electron chi connectivity index (χ2n) is 3.56. The van der Waals surface area contributed by atoms with Gasteiger partial charge >= 0.3 is 11.9 Å². The van der Waals surface area contributed by atoms with Crippen LogP contribution in [0.4, 0.5) is 0 Å². The third-order valence-electron chi connectivity index (χ3n) is 1.77. The summed E-state index contributed by atoms with van der Waals surface area (Å²) in [5.74, 6) is -0.742. The van der Waals surface area contributed by atoms with Crippen molar-refractivity contribution in [3.05, 3.63) is 0 Å². The van der Waals surface area contributed by atoms with Crippen LogP contribution in [0.1, 0.15) is 27.2 Å². The molecule has 0 aromatic heterocycles. The second-order valence-corrected chi connectivity index (χ2v) is 5.10. The third kappa shape index (κ3) is 7.00. The molecule has 0 bridgehead atoms. The summed E-state index contributed by atoms with van der Waals surface area (Å²) in [6, 6.07) is 0. The maximum absolute atomic E-state index is 11.1. The Bertz CT molecular complexity index is 241. The quantitative estimate of drug-likeness (QED) is 0.565. The lowest BCUT2D eigenvalue weighted by Gasteiger charge is -2.14. The van der Waals surface area contributed by atoms with Crippen molar-refractivity contribution in [3.8, 4) is 0 Å². The Labute approximate surface area is 107 Å². The van der Waals surface area contributed by atoms with E-state index in [0.717, 1.165) is 0 Å². The Morgan fingerprint density at radius 1 is 1.06 bits per heavy atom. The van der Waals surface area contributed by atoms with Crippen LogP contribution in [-0.2, 0) is 19.1 Å². The lowest BCUT2D eigenvalue weighted by atomic mass is 10.3. The summed E-state index contributed by atoms with van der Waals surface area (Å²) in [6.45, 7) is 5.24. The molecule has 0 N–H and O–H groups in total. The van der Waals surface area contributed by atoms with E-state index < -0.39 is 10.5 Å². The van der Waals surface area contributed by atoms with E-state index in [4.69, 9.17) is 9.47 Å². The Morgan fingerprint density at radius 3 is 2.00 bits per heavy atom. The van der Waals surface area contributed by atoms with Gasteiger partial charge in [0.2, 0.25) is 0 Å². The van der Waals surface area contributed by atoms with Crippen LogP contribution in [0.3, 0.4) is 0 Å². The van der Waals surface area contributed by atoms with Gasteiger partial charge in [-0.1, -0.05) is 0 Å². The monoisotopic (exact) mass is 266 g/mol. The number of hydrogen-bond acceptors (Lipinski definition) is 6. The molecule has 6 heteroatoms. The zero-order valence-electron chi connectivity index (χ0n) is 9.67. The Hall–Kier alpha value is -0.360. The van der Waals surface area contributed by atoms with Gasteiger partial charge in [0.25, 0.3) is 0 Å². The number of carbonyl (C=O) groups is 2. The standard InChI is InChI=1S/C10H18O4S2/c1-6(14-10(12)8(3)16)4-5-13-9(11)7(2)15/h6-8,15-16H,4-5H2,1-3H3. The number of ether oxygens (including phenoxy) is 2. The van der Waals surface area contributed by atoms with Gasteiger partial charge in [-0.15, -0.1) is 0 Å². The van der Waals surface area contributed by atoms with E-state index in [9.17, 15) is 9.59 Å². The van der Waals surface area contributed by atoms with Crippen molar-refractivity contribution in [2.45, 2.75) is 43.8 Å². The Balaban J connectivity index is 3.70. The van der Waals surface area contributed by atoms with E-state index in [0.29, 0.717) is 6.42 Å². The molecule has 0 amide bonds. The molecule has 0 rings (SSSR count). The van der Waals surface area contributed by atoms with Crippen LogP contribution < -0.4 is 0 Å². The predicted octanol–water partition coefficient (Wildman–Crippen LogP) is 1.49. The Morgan fingerprint density at radius 2 is 1.56 bits per heavy atom. The highest BCUT2D eigenvalue weighted by Gasteiger charge is 2.15. The SMILES string of the molecule is CC(CCOC(=O)C(C)S)OC(=O)C(C)S. The van der Waals surface area contributed by atoms with Crippen LogP contribution >= 0.6 is 25.3 Å². The first-order chi connectivity index (χ1) is 7.34. The third-order valence-corrected chi connectivity index (χ3v) is 2.19. The molecule has 0 aromatic carbocycles. The summed E-state index contributed by atoms with van der Waals surface area (Å²) in [5, 5.41) is -0.877. The van der Waals surface area contributed by atoms with Gasteiger partial charge in [-0.2, -0.15) is 25.3 Å².